The SMILES string of the molecule is COc1ccc(CN(C(=O)CCc2ccc(S(=O)(=O)NC3CC3)cc2)[C@@H](C)C(=O)NCCCO)cc1. The lowest BCUT2D eigenvalue weighted by molar-refractivity contribution is -0.140. The first kappa shape index (κ1) is 27.6. The summed E-state index contributed by atoms with van der Waals surface area (Å²) in [5.74, 6) is 0.218. The molecular formula is C26H35N3O6S. The third-order valence-corrected chi connectivity index (χ3v) is 7.61. The van der Waals surface area contributed by atoms with Gasteiger partial charge in [0.05, 0.1) is 12.0 Å². The number of hydrogen-bond acceptors (Lipinski definition) is 6. The van der Waals surface area contributed by atoms with Crippen LogP contribution in [0.1, 0.15) is 43.7 Å². The maximum Gasteiger partial charge on any atom is 0.242 e. The van der Waals surface area contributed by atoms with Gasteiger partial charge in [0.25, 0.3) is 0 Å². The van der Waals surface area contributed by atoms with Crippen molar-refractivity contribution in [3.8, 4) is 5.75 Å². The molecule has 10 heteroatoms. The van der Waals surface area contributed by atoms with E-state index in [4.69, 9.17) is 9.84 Å². The van der Waals surface area contributed by atoms with Gasteiger partial charge in [0.2, 0.25) is 21.8 Å². The lowest BCUT2D eigenvalue weighted by atomic mass is 10.1. The van der Waals surface area contributed by atoms with E-state index in [0.717, 1.165) is 24.0 Å². The topological polar surface area (TPSA) is 125 Å². The van der Waals surface area contributed by atoms with Crippen LogP contribution >= 0.6 is 0 Å². The molecule has 36 heavy (non-hydrogen) atoms. The van der Waals surface area contributed by atoms with E-state index in [1.165, 1.54) is 4.90 Å². The Morgan fingerprint density at radius 1 is 1.08 bits per heavy atom. The molecule has 0 aliphatic heterocycles. The number of rotatable bonds is 14. The number of nitrogens with zero attached hydrogens (tertiary/aromatic N) is 1. The first-order valence-corrected chi connectivity index (χ1v) is 13.6. The van der Waals surface area contributed by atoms with E-state index in [9.17, 15) is 18.0 Å². The van der Waals surface area contributed by atoms with Gasteiger partial charge in [-0.1, -0.05) is 24.3 Å². The number of sulfonamides is 1. The Kier molecular flexibility index (Phi) is 9.86. The molecule has 0 unspecified atom stereocenters. The van der Waals surface area contributed by atoms with Crippen molar-refractivity contribution in [3.63, 3.8) is 0 Å². The molecule has 0 radical (unpaired) electrons. The minimum atomic E-state index is -3.52. The van der Waals surface area contributed by atoms with Gasteiger partial charge in [-0.25, -0.2) is 13.1 Å². The van der Waals surface area contributed by atoms with Crippen LogP contribution < -0.4 is 14.8 Å². The summed E-state index contributed by atoms with van der Waals surface area (Å²) in [7, 11) is -1.94. The smallest absolute Gasteiger partial charge is 0.242 e. The number of aliphatic hydroxyl groups is 1. The standard InChI is InChI=1S/C26H35N3O6S/c1-19(26(32)27-16-3-17-30)29(18-21-4-11-23(35-2)12-5-21)25(31)15-8-20-6-13-24(14-7-20)36(33,34)28-22-9-10-22/h4-7,11-14,19,22,28,30H,3,8-10,15-18H2,1-2H3,(H,27,32)/t19-/m0/s1. The fourth-order valence-corrected chi connectivity index (χ4v) is 4.97. The number of carbonyl (C=O) groups is 2. The highest BCUT2D eigenvalue weighted by molar-refractivity contribution is 7.89. The molecule has 3 N–H and O–H groups in total. The highest BCUT2D eigenvalue weighted by Gasteiger charge is 2.28. The first-order valence-electron chi connectivity index (χ1n) is 12.2. The summed E-state index contributed by atoms with van der Waals surface area (Å²) >= 11 is 0. The van der Waals surface area contributed by atoms with E-state index in [-0.39, 0.29) is 42.3 Å². The second-order valence-corrected chi connectivity index (χ2v) is 10.7. The van der Waals surface area contributed by atoms with Crippen molar-refractivity contribution in [1.29, 1.82) is 0 Å². The second kappa shape index (κ2) is 12.8. The van der Waals surface area contributed by atoms with Gasteiger partial charge in [-0.05, 0) is 68.0 Å². The number of methoxy groups -OCH3 is 1. The summed E-state index contributed by atoms with van der Waals surface area (Å²) in [4.78, 5) is 27.7. The van der Waals surface area contributed by atoms with Gasteiger partial charge < -0.3 is 20.1 Å². The molecule has 2 amide bonds. The van der Waals surface area contributed by atoms with Crippen molar-refractivity contribution in [2.24, 2.45) is 0 Å². The number of aryl methyl sites for hydroxylation is 1. The average Bonchev–Trinajstić information content (AvgIpc) is 3.69. The molecule has 1 aliphatic rings. The Morgan fingerprint density at radius 3 is 2.31 bits per heavy atom. The van der Waals surface area contributed by atoms with Gasteiger partial charge in [-0.15, -0.1) is 0 Å². The fourth-order valence-electron chi connectivity index (χ4n) is 3.67. The van der Waals surface area contributed by atoms with Gasteiger partial charge in [0.1, 0.15) is 11.8 Å². The van der Waals surface area contributed by atoms with Gasteiger partial charge >= 0.3 is 0 Å². The number of hydrogen-bond donors (Lipinski definition) is 3. The monoisotopic (exact) mass is 517 g/mol. The minimum Gasteiger partial charge on any atom is -0.497 e. The lowest BCUT2D eigenvalue weighted by Crippen LogP contribution is -2.48. The Bertz CT molecular complexity index is 1120. The predicted molar refractivity (Wildman–Crippen MR) is 136 cm³/mol. The number of amides is 2. The van der Waals surface area contributed by atoms with Gasteiger partial charge in [0, 0.05) is 32.2 Å². The molecule has 0 aromatic heterocycles. The summed E-state index contributed by atoms with van der Waals surface area (Å²) < 4.78 is 32.6. The minimum absolute atomic E-state index is 0.0279. The number of ether oxygens (including phenoxy) is 1. The van der Waals surface area contributed by atoms with Crippen LogP contribution in [-0.2, 0) is 32.6 Å². The molecule has 0 bridgehead atoms. The summed E-state index contributed by atoms with van der Waals surface area (Å²) in [6, 6.07) is 13.2. The van der Waals surface area contributed by atoms with Crippen LogP contribution in [0, 0.1) is 0 Å². The van der Waals surface area contributed by atoms with Crippen molar-refractivity contribution < 1.29 is 27.9 Å². The van der Waals surface area contributed by atoms with E-state index in [2.05, 4.69) is 10.0 Å². The van der Waals surface area contributed by atoms with Crippen LogP contribution in [0.25, 0.3) is 0 Å². The fraction of sp³-hybridized carbons (Fsp3) is 0.462. The summed E-state index contributed by atoms with van der Waals surface area (Å²) in [6.45, 7) is 2.23. The highest BCUT2D eigenvalue weighted by Crippen LogP contribution is 2.22. The lowest BCUT2D eigenvalue weighted by Gasteiger charge is -2.29. The van der Waals surface area contributed by atoms with Crippen LogP contribution in [-0.4, -0.2) is 62.6 Å². The number of aliphatic hydroxyl groups excluding tert-OH is 1. The molecular weight excluding hydrogens is 482 g/mol. The van der Waals surface area contributed by atoms with Crippen LogP contribution in [0.4, 0.5) is 0 Å². The zero-order chi connectivity index (χ0) is 26.1. The Hall–Kier alpha value is -2.95. The van der Waals surface area contributed by atoms with Gasteiger partial charge in [-0.3, -0.25) is 9.59 Å². The van der Waals surface area contributed by atoms with Crippen molar-refractivity contribution >= 4 is 21.8 Å². The van der Waals surface area contributed by atoms with E-state index in [1.807, 2.05) is 12.1 Å². The number of carbonyl (C=O) groups excluding carboxylic acids is 2. The molecule has 1 atom stereocenters. The van der Waals surface area contributed by atoms with Crippen molar-refractivity contribution in [3.05, 3.63) is 59.7 Å². The van der Waals surface area contributed by atoms with Crippen LogP contribution in [0.2, 0.25) is 0 Å². The Labute approximate surface area is 212 Å². The van der Waals surface area contributed by atoms with Crippen LogP contribution in [0.15, 0.2) is 53.4 Å². The molecule has 2 aromatic carbocycles. The van der Waals surface area contributed by atoms with E-state index in [1.54, 1.807) is 50.4 Å². The van der Waals surface area contributed by atoms with E-state index in [0.29, 0.717) is 25.1 Å². The molecule has 0 saturated heterocycles. The van der Waals surface area contributed by atoms with E-state index >= 15 is 0 Å². The molecule has 2 aromatic rings. The largest absolute Gasteiger partial charge is 0.497 e. The number of benzene rings is 2. The normalized spacial score (nSPS) is 14.2. The third-order valence-electron chi connectivity index (χ3n) is 6.07. The summed E-state index contributed by atoms with van der Waals surface area (Å²) in [5.41, 5.74) is 1.69. The quantitative estimate of drug-likeness (QED) is 0.329. The molecule has 1 saturated carbocycles. The van der Waals surface area contributed by atoms with Crippen molar-refractivity contribution in [1.82, 2.24) is 14.9 Å². The molecule has 196 valence electrons. The maximum atomic E-state index is 13.2. The van der Waals surface area contributed by atoms with Crippen molar-refractivity contribution in [2.45, 2.75) is 62.6 Å². The van der Waals surface area contributed by atoms with Gasteiger partial charge in [-0.2, -0.15) is 0 Å². The maximum absolute atomic E-state index is 13.2. The zero-order valence-corrected chi connectivity index (χ0v) is 21.6. The third kappa shape index (κ3) is 8.04. The summed E-state index contributed by atoms with van der Waals surface area (Å²) in [6.07, 6.45) is 2.74. The zero-order valence-electron chi connectivity index (χ0n) is 20.8. The molecule has 3 rings (SSSR count). The van der Waals surface area contributed by atoms with Crippen molar-refractivity contribution in [2.75, 3.05) is 20.3 Å². The average molecular weight is 518 g/mol. The molecule has 0 spiro atoms. The Balaban J connectivity index is 1.66. The molecule has 1 fully saturated rings. The Morgan fingerprint density at radius 2 is 1.72 bits per heavy atom. The van der Waals surface area contributed by atoms with Crippen LogP contribution in [0.5, 0.6) is 5.75 Å². The molecule has 9 nitrogen and oxygen atoms in total. The van der Waals surface area contributed by atoms with Gasteiger partial charge in [0.15, 0.2) is 0 Å². The predicted octanol–water partition coefficient (Wildman–Crippen LogP) is 1.98. The summed E-state index contributed by atoms with van der Waals surface area (Å²) in [5, 5.41) is 11.7. The number of nitrogens with one attached hydrogen (secondary N) is 2. The van der Waals surface area contributed by atoms with Crippen LogP contribution in [0.3, 0.4) is 0 Å². The highest BCUT2D eigenvalue weighted by atomic mass is 32.2. The van der Waals surface area contributed by atoms with E-state index < -0.39 is 16.1 Å². The molecule has 1 aliphatic carbocycles. The first-order chi connectivity index (χ1) is 17.2. The second-order valence-electron chi connectivity index (χ2n) is 8.95. The molecule has 0 heterocycles.